The summed E-state index contributed by atoms with van der Waals surface area (Å²) in [6.07, 6.45) is -3.97. The van der Waals surface area contributed by atoms with Crippen LogP contribution in [0.25, 0.3) is 0 Å². The zero-order chi connectivity index (χ0) is 12.3. The normalized spacial score (nSPS) is 11.0. The number of alkyl halides is 3. The van der Waals surface area contributed by atoms with E-state index in [2.05, 4.69) is 9.72 Å². The fourth-order valence-electron chi connectivity index (χ4n) is 0.695. The number of methoxy groups -OCH3 is 1. The van der Waals surface area contributed by atoms with Gasteiger partial charge in [-0.15, -0.1) is 0 Å². The zero-order valence-corrected chi connectivity index (χ0v) is 8.61. The highest BCUT2D eigenvalue weighted by Gasteiger charge is 2.39. The van der Waals surface area contributed by atoms with Gasteiger partial charge in [0.15, 0.2) is 5.13 Å². The van der Waals surface area contributed by atoms with E-state index in [1.807, 2.05) is 0 Å². The monoisotopic (exact) mass is 254 g/mol. The minimum absolute atomic E-state index is 0.0000236. The summed E-state index contributed by atoms with van der Waals surface area (Å²) < 4.78 is 39.8. The second-order valence-corrected chi connectivity index (χ2v) is 3.50. The SMILES string of the molecule is COC(=O)c1cnc(NC(=O)C(F)(F)F)s1. The van der Waals surface area contributed by atoms with E-state index in [-0.39, 0.29) is 10.0 Å². The predicted octanol–water partition coefficient (Wildman–Crippen LogP) is 1.43. The molecule has 0 atom stereocenters. The molecule has 88 valence electrons. The van der Waals surface area contributed by atoms with Gasteiger partial charge in [0.25, 0.3) is 0 Å². The first-order chi connectivity index (χ1) is 7.34. The molecule has 0 aliphatic rings. The maximum Gasteiger partial charge on any atom is 0.471 e. The van der Waals surface area contributed by atoms with Gasteiger partial charge in [0.1, 0.15) is 4.88 Å². The number of ether oxygens (including phenoxy) is 1. The number of esters is 1. The fraction of sp³-hybridized carbons (Fsp3) is 0.286. The Balaban J connectivity index is 2.73. The molecule has 0 spiro atoms. The Morgan fingerprint density at radius 1 is 1.50 bits per heavy atom. The molecule has 1 amide bonds. The van der Waals surface area contributed by atoms with Crippen LogP contribution >= 0.6 is 11.3 Å². The third kappa shape index (κ3) is 2.92. The Hall–Kier alpha value is -1.64. The third-order valence-electron chi connectivity index (χ3n) is 1.37. The van der Waals surface area contributed by atoms with Crippen molar-refractivity contribution in [1.29, 1.82) is 0 Å². The van der Waals surface area contributed by atoms with Crippen LogP contribution in [0.1, 0.15) is 9.67 Å². The first-order valence-corrected chi connectivity index (χ1v) is 4.58. The first-order valence-electron chi connectivity index (χ1n) is 3.77. The molecule has 16 heavy (non-hydrogen) atoms. The van der Waals surface area contributed by atoms with Gasteiger partial charge >= 0.3 is 18.1 Å². The number of thiazole rings is 1. The van der Waals surface area contributed by atoms with Crippen LogP contribution in [0.2, 0.25) is 0 Å². The molecule has 0 bridgehead atoms. The lowest BCUT2D eigenvalue weighted by Crippen LogP contribution is -2.29. The molecule has 1 aromatic heterocycles. The van der Waals surface area contributed by atoms with Crippen molar-refractivity contribution in [2.24, 2.45) is 0 Å². The van der Waals surface area contributed by atoms with E-state index < -0.39 is 18.1 Å². The quantitative estimate of drug-likeness (QED) is 0.810. The van der Waals surface area contributed by atoms with Gasteiger partial charge in [-0.2, -0.15) is 13.2 Å². The lowest BCUT2D eigenvalue weighted by molar-refractivity contribution is -0.167. The maximum absolute atomic E-state index is 11.8. The number of amides is 1. The third-order valence-corrected chi connectivity index (χ3v) is 2.26. The number of aromatic nitrogens is 1. The summed E-state index contributed by atoms with van der Waals surface area (Å²) in [7, 11) is 1.12. The number of hydrogen-bond acceptors (Lipinski definition) is 5. The van der Waals surface area contributed by atoms with Gasteiger partial charge < -0.3 is 4.74 Å². The number of hydrogen-bond donors (Lipinski definition) is 1. The largest absolute Gasteiger partial charge is 0.471 e. The van der Waals surface area contributed by atoms with Gasteiger partial charge in [-0.1, -0.05) is 11.3 Å². The molecule has 5 nitrogen and oxygen atoms in total. The van der Waals surface area contributed by atoms with Gasteiger partial charge in [0.05, 0.1) is 13.3 Å². The highest BCUT2D eigenvalue weighted by molar-refractivity contribution is 7.17. The van der Waals surface area contributed by atoms with Crippen LogP contribution in [0.5, 0.6) is 0 Å². The molecule has 1 rings (SSSR count). The number of anilines is 1. The number of carbonyl (C=O) groups excluding carboxylic acids is 2. The average molecular weight is 254 g/mol. The first kappa shape index (κ1) is 12.4. The molecule has 1 aromatic rings. The van der Waals surface area contributed by atoms with E-state index in [1.165, 1.54) is 5.32 Å². The van der Waals surface area contributed by atoms with Crippen LogP contribution < -0.4 is 5.32 Å². The Morgan fingerprint density at radius 3 is 2.62 bits per heavy atom. The maximum atomic E-state index is 11.8. The van der Waals surface area contributed by atoms with Crippen LogP contribution in [0, 0.1) is 0 Å². The van der Waals surface area contributed by atoms with Gasteiger partial charge in [0.2, 0.25) is 0 Å². The molecule has 0 saturated carbocycles. The molecule has 0 unspecified atom stereocenters. The van der Waals surface area contributed by atoms with Crippen molar-refractivity contribution in [3.8, 4) is 0 Å². The summed E-state index contributed by atoms with van der Waals surface area (Å²) in [5.41, 5.74) is 0. The van der Waals surface area contributed by atoms with E-state index in [9.17, 15) is 22.8 Å². The van der Waals surface area contributed by atoms with Crippen LogP contribution in [-0.4, -0.2) is 30.1 Å². The molecule has 9 heteroatoms. The van der Waals surface area contributed by atoms with Gasteiger partial charge in [0, 0.05) is 0 Å². The molecule has 0 aromatic carbocycles. The highest BCUT2D eigenvalue weighted by atomic mass is 32.1. The topological polar surface area (TPSA) is 68.3 Å². The van der Waals surface area contributed by atoms with E-state index in [0.29, 0.717) is 11.3 Å². The standard InChI is InChI=1S/C7H5F3N2O3S/c1-15-4(13)3-2-11-6(16-3)12-5(14)7(8,9)10/h2H,1H3,(H,11,12,14). The summed E-state index contributed by atoms with van der Waals surface area (Å²) in [4.78, 5) is 24.8. The predicted molar refractivity (Wildman–Crippen MR) is 48.1 cm³/mol. The Bertz CT molecular complexity index is 415. The van der Waals surface area contributed by atoms with E-state index in [0.717, 1.165) is 13.3 Å². The minimum Gasteiger partial charge on any atom is -0.465 e. The second-order valence-electron chi connectivity index (χ2n) is 2.47. The molecule has 0 aliphatic heterocycles. The molecular weight excluding hydrogens is 249 g/mol. The lowest BCUT2D eigenvalue weighted by Gasteiger charge is -2.03. The van der Waals surface area contributed by atoms with Crippen molar-refractivity contribution in [3.05, 3.63) is 11.1 Å². The van der Waals surface area contributed by atoms with Crippen molar-refractivity contribution in [1.82, 2.24) is 4.98 Å². The molecule has 0 saturated heterocycles. The number of carbonyl (C=O) groups is 2. The molecule has 0 aliphatic carbocycles. The fourth-order valence-corrected chi connectivity index (χ4v) is 1.42. The van der Waals surface area contributed by atoms with Crippen molar-refractivity contribution in [2.75, 3.05) is 12.4 Å². The molecular formula is C7H5F3N2O3S. The lowest BCUT2D eigenvalue weighted by atomic mass is 10.6. The van der Waals surface area contributed by atoms with Crippen LogP contribution in [0.3, 0.4) is 0 Å². The molecule has 0 radical (unpaired) electrons. The number of rotatable bonds is 2. The van der Waals surface area contributed by atoms with Crippen molar-refractivity contribution in [3.63, 3.8) is 0 Å². The Morgan fingerprint density at radius 2 is 2.12 bits per heavy atom. The summed E-state index contributed by atoms with van der Waals surface area (Å²) in [5.74, 6) is -2.87. The summed E-state index contributed by atoms with van der Waals surface area (Å²) >= 11 is 0.592. The zero-order valence-electron chi connectivity index (χ0n) is 7.79. The van der Waals surface area contributed by atoms with Crippen LogP contribution in [0.4, 0.5) is 18.3 Å². The van der Waals surface area contributed by atoms with E-state index in [4.69, 9.17) is 0 Å². The van der Waals surface area contributed by atoms with E-state index in [1.54, 1.807) is 0 Å². The summed E-state index contributed by atoms with van der Waals surface area (Å²) in [6, 6.07) is 0. The molecule has 0 fully saturated rings. The molecule has 1 N–H and O–H groups in total. The smallest absolute Gasteiger partial charge is 0.465 e. The van der Waals surface area contributed by atoms with Gasteiger partial charge in [-0.25, -0.2) is 9.78 Å². The van der Waals surface area contributed by atoms with Crippen molar-refractivity contribution in [2.45, 2.75) is 6.18 Å². The minimum atomic E-state index is -4.99. The Labute approximate surface area is 91.2 Å². The van der Waals surface area contributed by atoms with Crippen molar-refractivity contribution < 1.29 is 27.5 Å². The van der Waals surface area contributed by atoms with E-state index >= 15 is 0 Å². The van der Waals surface area contributed by atoms with Crippen LogP contribution in [-0.2, 0) is 9.53 Å². The highest BCUT2D eigenvalue weighted by Crippen LogP contribution is 2.22. The number of nitrogens with zero attached hydrogens (tertiary/aromatic N) is 1. The summed E-state index contributed by atoms with van der Waals surface area (Å²) in [6.45, 7) is 0. The number of halogens is 3. The second kappa shape index (κ2) is 4.47. The Kier molecular flexibility index (Phi) is 3.48. The summed E-state index contributed by atoms with van der Waals surface area (Å²) in [5, 5.41) is 1.20. The van der Waals surface area contributed by atoms with Crippen LogP contribution in [0.15, 0.2) is 6.20 Å². The van der Waals surface area contributed by atoms with Crippen molar-refractivity contribution >= 4 is 28.3 Å². The molecule has 1 heterocycles. The average Bonchev–Trinajstić information content (AvgIpc) is 2.63. The van der Waals surface area contributed by atoms with Gasteiger partial charge in [-0.3, -0.25) is 10.1 Å². The number of nitrogens with one attached hydrogen (secondary N) is 1. The van der Waals surface area contributed by atoms with Gasteiger partial charge in [-0.05, 0) is 0 Å².